The molecule has 0 aliphatic carbocycles. The molecule has 152 valence electrons. The van der Waals surface area contributed by atoms with Crippen LogP contribution < -0.4 is 5.32 Å². The third kappa shape index (κ3) is 3.05. The fraction of sp³-hybridized carbons (Fsp3) is 0.571. The molecule has 1 spiro atoms. The van der Waals surface area contributed by atoms with Crippen LogP contribution in [-0.2, 0) is 24.5 Å². The number of benzene rings is 1. The second-order valence-electron chi connectivity index (χ2n) is 6.97. The highest BCUT2D eigenvalue weighted by molar-refractivity contribution is 8.14. The van der Waals surface area contributed by atoms with Gasteiger partial charge in [0, 0.05) is 12.5 Å². The number of carbonyl (C=O) groups excluding carboxylic acids is 2. The predicted octanol–water partition coefficient (Wildman–Crippen LogP) is 3.36. The Balaban J connectivity index is 2.16. The van der Waals surface area contributed by atoms with Gasteiger partial charge in [-0.05, 0) is 37.7 Å². The monoisotopic (exact) mass is 404 g/mol. The van der Waals surface area contributed by atoms with Crippen LogP contribution in [0.1, 0.15) is 46.1 Å². The van der Waals surface area contributed by atoms with Crippen LogP contribution >= 0.6 is 11.8 Å². The standard InChI is InChI=1S/C21H28N2O4S/c1-5-16-20(14-11-9-10-12-15(14)22-17(20)28-8-4)13-21(23-16,18(24)26-6-2)19(25)27-7-3/h9-12,16,23H,5-8,13H2,1-4H3/t16-,20+/m1/s1. The van der Waals surface area contributed by atoms with E-state index in [1.807, 2.05) is 18.2 Å². The van der Waals surface area contributed by atoms with Crippen molar-refractivity contribution in [1.82, 2.24) is 5.32 Å². The minimum atomic E-state index is -1.53. The van der Waals surface area contributed by atoms with E-state index in [0.29, 0.717) is 0 Å². The molecule has 2 heterocycles. The zero-order valence-electron chi connectivity index (χ0n) is 16.9. The topological polar surface area (TPSA) is 77.0 Å². The summed E-state index contributed by atoms with van der Waals surface area (Å²) in [5.74, 6) is -0.292. The molecule has 2 aliphatic heterocycles. The van der Waals surface area contributed by atoms with Gasteiger partial charge in [0.1, 0.15) is 0 Å². The van der Waals surface area contributed by atoms with E-state index in [2.05, 4.69) is 25.2 Å². The van der Waals surface area contributed by atoms with E-state index in [-0.39, 0.29) is 25.7 Å². The second kappa shape index (κ2) is 8.25. The summed E-state index contributed by atoms with van der Waals surface area (Å²) < 4.78 is 10.7. The highest BCUT2D eigenvalue weighted by Crippen LogP contribution is 2.54. The number of aliphatic imine (C=N–C) groups is 1. The summed E-state index contributed by atoms with van der Waals surface area (Å²) in [5.41, 5.74) is -0.118. The van der Waals surface area contributed by atoms with Gasteiger partial charge < -0.3 is 9.47 Å². The van der Waals surface area contributed by atoms with Gasteiger partial charge in [0.2, 0.25) is 5.54 Å². The molecule has 6 nitrogen and oxygen atoms in total. The molecule has 28 heavy (non-hydrogen) atoms. The highest BCUT2D eigenvalue weighted by Gasteiger charge is 2.66. The highest BCUT2D eigenvalue weighted by atomic mass is 32.2. The Morgan fingerprint density at radius 2 is 1.79 bits per heavy atom. The average Bonchev–Trinajstić information content (AvgIpc) is 3.20. The van der Waals surface area contributed by atoms with Gasteiger partial charge in [0.05, 0.1) is 29.4 Å². The van der Waals surface area contributed by atoms with Crippen LogP contribution in [-0.4, -0.2) is 47.5 Å². The maximum Gasteiger partial charge on any atom is 0.338 e. The van der Waals surface area contributed by atoms with Crippen molar-refractivity contribution >= 4 is 34.4 Å². The fourth-order valence-electron chi connectivity index (χ4n) is 4.40. The molecule has 3 rings (SSSR count). The number of nitrogens with zero attached hydrogens (tertiary/aromatic N) is 1. The van der Waals surface area contributed by atoms with Gasteiger partial charge in [-0.15, -0.1) is 11.8 Å². The number of hydrogen-bond donors (Lipinski definition) is 1. The zero-order chi connectivity index (χ0) is 20.4. The number of para-hydroxylation sites is 1. The van der Waals surface area contributed by atoms with E-state index in [4.69, 9.17) is 14.5 Å². The molecular weight excluding hydrogens is 376 g/mol. The minimum absolute atomic E-state index is 0.136. The number of rotatable bonds is 6. The number of ether oxygens (including phenoxy) is 2. The van der Waals surface area contributed by atoms with E-state index < -0.39 is 22.9 Å². The Hall–Kier alpha value is -1.86. The Labute approximate surface area is 170 Å². The molecule has 0 amide bonds. The molecule has 0 aromatic heterocycles. The molecule has 7 heteroatoms. The minimum Gasteiger partial charge on any atom is -0.464 e. The van der Waals surface area contributed by atoms with Gasteiger partial charge in [0.15, 0.2) is 0 Å². The first-order chi connectivity index (χ1) is 13.5. The number of carbonyl (C=O) groups is 2. The van der Waals surface area contributed by atoms with Crippen molar-refractivity contribution in [3.63, 3.8) is 0 Å². The summed E-state index contributed by atoms with van der Waals surface area (Å²) in [4.78, 5) is 30.9. The van der Waals surface area contributed by atoms with E-state index in [9.17, 15) is 9.59 Å². The van der Waals surface area contributed by atoms with E-state index in [0.717, 1.165) is 28.5 Å². The van der Waals surface area contributed by atoms with Crippen LogP contribution in [0.5, 0.6) is 0 Å². The van der Waals surface area contributed by atoms with Crippen molar-refractivity contribution in [2.45, 2.75) is 57.5 Å². The Kier molecular flexibility index (Phi) is 6.15. The quantitative estimate of drug-likeness (QED) is 0.579. The molecular formula is C21H28N2O4S. The molecule has 1 aromatic rings. The molecule has 1 fully saturated rings. The summed E-state index contributed by atoms with van der Waals surface area (Å²) in [6.45, 7) is 8.02. The van der Waals surface area contributed by atoms with Gasteiger partial charge in [-0.3, -0.25) is 5.32 Å². The smallest absolute Gasteiger partial charge is 0.338 e. The predicted molar refractivity (Wildman–Crippen MR) is 111 cm³/mol. The first-order valence-corrected chi connectivity index (χ1v) is 10.9. The lowest BCUT2D eigenvalue weighted by atomic mass is 9.72. The van der Waals surface area contributed by atoms with Crippen molar-refractivity contribution in [1.29, 1.82) is 0 Å². The number of fused-ring (bicyclic) bond motifs is 2. The van der Waals surface area contributed by atoms with Crippen LogP contribution in [0.2, 0.25) is 0 Å². The lowest BCUT2D eigenvalue weighted by molar-refractivity contribution is -0.165. The molecule has 0 radical (unpaired) electrons. The average molecular weight is 405 g/mol. The van der Waals surface area contributed by atoms with Gasteiger partial charge >= 0.3 is 11.9 Å². The summed E-state index contributed by atoms with van der Waals surface area (Å²) >= 11 is 1.67. The van der Waals surface area contributed by atoms with Gasteiger partial charge in [-0.2, -0.15) is 0 Å². The largest absolute Gasteiger partial charge is 0.464 e. The Morgan fingerprint density at radius 1 is 1.14 bits per heavy atom. The molecule has 0 unspecified atom stereocenters. The Morgan fingerprint density at radius 3 is 2.36 bits per heavy atom. The zero-order valence-corrected chi connectivity index (χ0v) is 17.7. The number of nitrogens with one attached hydrogen (secondary N) is 1. The summed E-state index contributed by atoms with van der Waals surface area (Å²) in [6.07, 6.45) is 0.983. The van der Waals surface area contributed by atoms with Gasteiger partial charge in [0.25, 0.3) is 0 Å². The lowest BCUT2D eigenvalue weighted by Crippen LogP contribution is -2.57. The van der Waals surface area contributed by atoms with Crippen molar-refractivity contribution in [3.8, 4) is 0 Å². The maximum absolute atomic E-state index is 13.0. The van der Waals surface area contributed by atoms with Crippen molar-refractivity contribution in [3.05, 3.63) is 29.8 Å². The SMILES string of the molecule is CCOC(=O)C1(C(=O)OCC)C[C@@]2(C(SCC)=Nc3ccccc32)[C@@H](CC)N1. The third-order valence-electron chi connectivity index (χ3n) is 5.48. The first kappa shape index (κ1) is 20.9. The van der Waals surface area contributed by atoms with Crippen molar-refractivity contribution in [2.75, 3.05) is 19.0 Å². The van der Waals surface area contributed by atoms with E-state index >= 15 is 0 Å². The van der Waals surface area contributed by atoms with E-state index in [1.54, 1.807) is 25.6 Å². The lowest BCUT2D eigenvalue weighted by Gasteiger charge is -2.32. The first-order valence-electron chi connectivity index (χ1n) is 9.93. The fourth-order valence-corrected chi connectivity index (χ4v) is 5.41. The van der Waals surface area contributed by atoms with Gasteiger partial charge in [-0.25, -0.2) is 14.6 Å². The number of hydrogen-bond acceptors (Lipinski definition) is 7. The van der Waals surface area contributed by atoms with Crippen LogP contribution in [0.3, 0.4) is 0 Å². The summed E-state index contributed by atoms with van der Waals surface area (Å²) in [5, 5.41) is 4.29. The van der Waals surface area contributed by atoms with Crippen molar-refractivity contribution < 1.29 is 19.1 Å². The molecule has 1 saturated heterocycles. The summed E-state index contributed by atoms with van der Waals surface area (Å²) in [6, 6.07) is 7.85. The maximum atomic E-state index is 13.0. The summed E-state index contributed by atoms with van der Waals surface area (Å²) in [7, 11) is 0. The molecule has 2 atom stereocenters. The third-order valence-corrected chi connectivity index (χ3v) is 6.50. The van der Waals surface area contributed by atoms with Crippen LogP contribution in [0, 0.1) is 0 Å². The number of thioether (sulfide) groups is 1. The normalized spacial score (nSPS) is 24.7. The van der Waals surface area contributed by atoms with Gasteiger partial charge in [-0.1, -0.05) is 32.0 Å². The molecule has 1 aromatic carbocycles. The molecule has 1 N–H and O–H groups in total. The number of esters is 2. The Bertz CT molecular complexity index is 776. The molecule has 2 aliphatic rings. The van der Waals surface area contributed by atoms with Crippen molar-refractivity contribution in [2.24, 2.45) is 4.99 Å². The second-order valence-corrected chi connectivity index (χ2v) is 8.22. The van der Waals surface area contributed by atoms with Crippen LogP contribution in [0.4, 0.5) is 5.69 Å². The van der Waals surface area contributed by atoms with E-state index in [1.165, 1.54) is 0 Å². The van der Waals surface area contributed by atoms with Crippen LogP contribution in [0.25, 0.3) is 0 Å². The molecule has 0 saturated carbocycles. The molecule has 0 bridgehead atoms. The van der Waals surface area contributed by atoms with Crippen LogP contribution in [0.15, 0.2) is 29.3 Å².